The number of Topliss-reactive ketones (excluding diaryl/α,β-unsaturated/α-hetero) is 1. The number of aromatic nitrogens is 2. The summed E-state index contributed by atoms with van der Waals surface area (Å²) >= 11 is 1.26. The summed E-state index contributed by atoms with van der Waals surface area (Å²) in [6.45, 7) is 3.99. The molecule has 1 aromatic heterocycles. The van der Waals surface area contributed by atoms with Crippen LogP contribution in [0.15, 0.2) is 58.2 Å². The van der Waals surface area contributed by atoms with E-state index in [4.69, 9.17) is 4.42 Å². The minimum Gasteiger partial charge on any atom is -0.411 e. The predicted octanol–water partition coefficient (Wildman–Crippen LogP) is 4.33. The molecule has 0 saturated heterocycles. The standard InChI is InChI=1S/C18H16N2O2S/c1-12-7-9-14(10-8-12)16(21)11-23-18-20-19-17(22-18)15-6-4-3-5-13(15)2/h3-10H,11H2,1-2H3. The molecule has 0 radical (unpaired) electrons. The third-order valence-corrected chi connectivity index (χ3v) is 4.30. The van der Waals surface area contributed by atoms with Crippen LogP contribution in [0.1, 0.15) is 21.5 Å². The van der Waals surface area contributed by atoms with E-state index in [2.05, 4.69) is 10.2 Å². The fourth-order valence-corrected chi connectivity index (χ4v) is 2.80. The Morgan fingerprint density at radius 3 is 2.52 bits per heavy atom. The fraction of sp³-hybridized carbons (Fsp3) is 0.167. The molecule has 116 valence electrons. The summed E-state index contributed by atoms with van der Waals surface area (Å²) in [6, 6.07) is 15.4. The summed E-state index contributed by atoms with van der Waals surface area (Å²) in [7, 11) is 0. The number of nitrogens with zero attached hydrogens (tertiary/aromatic N) is 2. The molecule has 1 heterocycles. The highest BCUT2D eigenvalue weighted by Crippen LogP contribution is 2.25. The smallest absolute Gasteiger partial charge is 0.277 e. The highest BCUT2D eigenvalue weighted by Gasteiger charge is 2.13. The third-order valence-electron chi connectivity index (χ3n) is 3.48. The number of carbonyl (C=O) groups is 1. The zero-order chi connectivity index (χ0) is 16.2. The molecule has 23 heavy (non-hydrogen) atoms. The van der Waals surface area contributed by atoms with Gasteiger partial charge in [0.2, 0.25) is 5.89 Å². The summed E-state index contributed by atoms with van der Waals surface area (Å²) in [5.41, 5.74) is 3.82. The summed E-state index contributed by atoms with van der Waals surface area (Å²) < 4.78 is 5.64. The average molecular weight is 324 g/mol. The number of carbonyl (C=O) groups excluding carboxylic acids is 1. The lowest BCUT2D eigenvalue weighted by molar-refractivity contribution is 0.102. The number of benzene rings is 2. The lowest BCUT2D eigenvalue weighted by atomic mass is 10.1. The number of hydrogen-bond acceptors (Lipinski definition) is 5. The minimum atomic E-state index is 0.0469. The molecule has 5 heteroatoms. The maximum atomic E-state index is 12.1. The lowest BCUT2D eigenvalue weighted by Crippen LogP contribution is -2.02. The van der Waals surface area contributed by atoms with Gasteiger partial charge in [-0.2, -0.15) is 0 Å². The van der Waals surface area contributed by atoms with E-state index in [1.807, 2.05) is 62.4 Å². The summed E-state index contributed by atoms with van der Waals surface area (Å²) in [6.07, 6.45) is 0. The van der Waals surface area contributed by atoms with E-state index in [1.165, 1.54) is 11.8 Å². The molecule has 0 spiro atoms. The Kier molecular flexibility index (Phi) is 4.57. The van der Waals surface area contributed by atoms with Gasteiger partial charge in [0.25, 0.3) is 5.22 Å². The van der Waals surface area contributed by atoms with Crippen molar-refractivity contribution in [3.05, 3.63) is 65.2 Å². The van der Waals surface area contributed by atoms with Crippen LogP contribution in [-0.2, 0) is 0 Å². The molecule has 4 nitrogen and oxygen atoms in total. The van der Waals surface area contributed by atoms with Gasteiger partial charge in [0.15, 0.2) is 5.78 Å². The summed E-state index contributed by atoms with van der Waals surface area (Å²) in [4.78, 5) is 12.1. The fourth-order valence-electron chi connectivity index (χ4n) is 2.14. The van der Waals surface area contributed by atoms with Crippen LogP contribution >= 0.6 is 11.8 Å². The highest BCUT2D eigenvalue weighted by atomic mass is 32.2. The first-order chi connectivity index (χ1) is 11.1. The molecule has 3 rings (SSSR count). The molecule has 2 aromatic carbocycles. The van der Waals surface area contributed by atoms with Crippen molar-refractivity contribution < 1.29 is 9.21 Å². The average Bonchev–Trinajstić information content (AvgIpc) is 3.02. The maximum Gasteiger partial charge on any atom is 0.277 e. The van der Waals surface area contributed by atoms with Crippen molar-refractivity contribution in [1.29, 1.82) is 0 Å². The molecular formula is C18H16N2O2S. The van der Waals surface area contributed by atoms with Gasteiger partial charge in [0.1, 0.15) is 0 Å². The van der Waals surface area contributed by atoms with Gasteiger partial charge in [-0.3, -0.25) is 4.79 Å². The minimum absolute atomic E-state index is 0.0469. The van der Waals surface area contributed by atoms with Crippen LogP contribution in [0.25, 0.3) is 11.5 Å². The first kappa shape index (κ1) is 15.5. The van der Waals surface area contributed by atoms with Crippen molar-refractivity contribution in [3.8, 4) is 11.5 Å². The molecule has 0 aliphatic carbocycles. The van der Waals surface area contributed by atoms with Crippen molar-refractivity contribution in [3.63, 3.8) is 0 Å². The topological polar surface area (TPSA) is 56.0 Å². The van der Waals surface area contributed by atoms with Crippen LogP contribution in [0.2, 0.25) is 0 Å². The second kappa shape index (κ2) is 6.79. The summed E-state index contributed by atoms with van der Waals surface area (Å²) in [5.74, 6) is 0.803. The number of hydrogen-bond donors (Lipinski definition) is 0. The van der Waals surface area contributed by atoms with Crippen molar-refractivity contribution >= 4 is 17.5 Å². The SMILES string of the molecule is Cc1ccc(C(=O)CSc2nnc(-c3ccccc3C)o2)cc1. The van der Waals surface area contributed by atoms with Crippen LogP contribution in [0.4, 0.5) is 0 Å². The number of aryl methyl sites for hydroxylation is 2. The highest BCUT2D eigenvalue weighted by molar-refractivity contribution is 7.99. The van der Waals surface area contributed by atoms with Crippen molar-refractivity contribution in [2.45, 2.75) is 19.1 Å². The van der Waals surface area contributed by atoms with Gasteiger partial charge in [-0.15, -0.1) is 10.2 Å². The Morgan fingerprint density at radius 1 is 1.04 bits per heavy atom. The normalized spacial score (nSPS) is 10.7. The van der Waals surface area contributed by atoms with E-state index >= 15 is 0 Å². The van der Waals surface area contributed by atoms with Crippen LogP contribution in [0, 0.1) is 13.8 Å². The molecule has 0 atom stereocenters. The van der Waals surface area contributed by atoms with Gasteiger partial charge in [-0.25, -0.2) is 0 Å². The van der Waals surface area contributed by atoms with Gasteiger partial charge in [-0.1, -0.05) is 59.8 Å². The van der Waals surface area contributed by atoms with Gasteiger partial charge >= 0.3 is 0 Å². The molecule has 0 unspecified atom stereocenters. The second-order valence-electron chi connectivity index (χ2n) is 5.27. The van der Waals surface area contributed by atoms with Crippen molar-refractivity contribution in [2.75, 3.05) is 5.75 Å². The number of rotatable bonds is 5. The molecule has 0 aliphatic rings. The molecule has 0 amide bonds. The summed E-state index contributed by atoms with van der Waals surface area (Å²) in [5, 5.41) is 8.47. The molecule has 0 bridgehead atoms. The molecule has 3 aromatic rings. The van der Waals surface area contributed by atoms with Gasteiger partial charge in [0, 0.05) is 11.1 Å². The van der Waals surface area contributed by atoms with E-state index in [1.54, 1.807) is 0 Å². The van der Waals surface area contributed by atoms with E-state index in [9.17, 15) is 4.79 Å². The van der Waals surface area contributed by atoms with Crippen LogP contribution in [0.3, 0.4) is 0 Å². The Morgan fingerprint density at radius 2 is 1.78 bits per heavy atom. The Labute approximate surface area is 138 Å². The van der Waals surface area contributed by atoms with Gasteiger partial charge in [-0.05, 0) is 25.5 Å². The molecule has 0 aliphatic heterocycles. The maximum absolute atomic E-state index is 12.1. The third kappa shape index (κ3) is 3.68. The van der Waals surface area contributed by atoms with Crippen LogP contribution < -0.4 is 0 Å². The Hall–Kier alpha value is -2.40. The Balaban J connectivity index is 1.67. The van der Waals surface area contributed by atoms with Crippen molar-refractivity contribution in [1.82, 2.24) is 10.2 Å². The molecular weight excluding hydrogens is 308 g/mol. The first-order valence-electron chi connectivity index (χ1n) is 7.25. The zero-order valence-corrected chi connectivity index (χ0v) is 13.8. The second-order valence-corrected chi connectivity index (χ2v) is 6.19. The van der Waals surface area contributed by atoms with Crippen molar-refractivity contribution in [2.24, 2.45) is 0 Å². The first-order valence-corrected chi connectivity index (χ1v) is 8.24. The molecule has 0 saturated carbocycles. The number of thioether (sulfide) groups is 1. The van der Waals surface area contributed by atoms with Crippen LogP contribution in [-0.4, -0.2) is 21.7 Å². The lowest BCUT2D eigenvalue weighted by Gasteiger charge is -2.00. The molecule has 0 fully saturated rings. The zero-order valence-electron chi connectivity index (χ0n) is 12.9. The largest absolute Gasteiger partial charge is 0.411 e. The predicted molar refractivity (Wildman–Crippen MR) is 90.7 cm³/mol. The quantitative estimate of drug-likeness (QED) is 0.516. The van der Waals surface area contributed by atoms with Gasteiger partial charge < -0.3 is 4.42 Å². The van der Waals surface area contributed by atoms with E-state index in [0.29, 0.717) is 16.7 Å². The monoisotopic (exact) mass is 324 g/mol. The molecule has 0 N–H and O–H groups in total. The number of ketones is 1. The Bertz CT molecular complexity index is 825. The van der Waals surface area contributed by atoms with E-state index < -0.39 is 0 Å². The van der Waals surface area contributed by atoms with Gasteiger partial charge in [0.05, 0.1) is 5.75 Å². The van der Waals surface area contributed by atoms with E-state index in [-0.39, 0.29) is 11.5 Å². The van der Waals surface area contributed by atoms with E-state index in [0.717, 1.165) is 16.7 Å². The van der Waals surface area contributed by atoms with Crippen LogP contribution in [0.5, 0.6) is 0 Å².